The Morgan fingerprint density at radius 1 is 1.20 bits per heavy atom. The van der Waals surface area contributed by atoms with Gasteiger partial charge in [-0.25, -0.2) is 9.37 Å². The molecule has 5 nitrogen and oxygen atoms in total. The fraction of sp³-hybridized carbons (Fsp3) is 0.0769. The van der Waals surface area contributed by atoms with E-state index >= 15 is 0 Å². The van der Waals surface area contributed by atoms with Crippen LogP contribution in [0.25, 0.3) is 0 Å². The number of carbonyl (C=O) groups is 1. The molecule has 20 heavy (non-hydrogen) atoms. The molecule has 1 aromatic carbocycles. The zero-order chi connectivity index (χ0) is 14.8. The van der Waals surface area contributed by atoms with Crippen molar-refractivity contribution in [3.63, 3.8) is 0 Å². The van der Waals surface area contributed by atoms with Crippen molar-refractivity contribution < 1.29 is 17.6 Å². The standard InChI is InChI=1S/C13H11FN2O3S/c1-9(17)10-5-2-3-7-12(10)16-20(18,19)13-11(14)6-4-8-15-13/h2-8,16H,1H3. The monoisotopic (exact) mass is 294 g/mol. The Bertz CT molecular complexity index is 760. The number of benzene rings is 1. The van der Waals surface area contributed by atoms with Crippen molar-refractivity contribution in [2.24, 2.45) is 0 Å². The maximum Gasteiger partial charge on any atom is 0.282 e. The van der Waals surface area contributed by atoms with E-state index in [-0.39, 0.29) is 17.0 Å². The molecular formula is C13H11FN2O3S. The third-order valence-electron chi connectivity index (χ3n) is 2.53. The van der Waals surface area contributed by atoms with Gasteiger partial charge in [0.2, 0.25) is 5.03 Å². The van der Waals surface area contributed by atoms with E-state index in [4.69, 9.17) is 0 Å². The number of nitrogens with zero attached hydrogens (tertiary/aromatic N) is 1. The molecule has 104 valence electrons. The highest BCUT2D eigenvalue weighted by Crippen LogP contribution is 2.20. The smallest absolute Gasteiger partial charge is 0.282 e. The summed E-state index contributed by atoms with van der Waals surface area (Å²) >= 11 is 0. The third kappa shape index (κ3) is 2.83. The minimum absolute atomic E-state index is 0.0880. The SMILES string of the molecule is CC(=O)c1ccccc1NS(=O)(=O)c1ncccc1F. The summed E-state index contributed by atoms with van der Waals surface area (Å²) in [5, 5.41) is -0.710. The van der Waals surface area contributed by atoms with E-state index in [1.54, 1.807) is 12.1 Å². The molecular weight excluding hydrogens is 283 g/mol. The van der Waals surface area contributed by atoms with Gasteiger partial charge in [0.1, 0.15) is 0 Å². The maximum absolute atomic E-state index is 13.5. The predicted molar refractivity (Wildman–Crippen MR) is 71.5 cm³/mol. The number of sulfonamides is 1. The molecule has 0 fully saturated rings. The molecule has 0 aliphatic rings. The van der Waals surface area contributed by atoms with Gasteiger partial charge in [0.05, 0.1) is 5.69 Å². The molecule has 7 heteroatoms. The van der Waals surface area contributed by atoms with Crippen LogP contribution in [-0.4, -0.2) is 19.2 Å². The molecule has 0 amide bonds. The topological polar surface area (TPSA) is 76.1 Å². The maximum atomic E-state index is 13.5. The van der Waals surface area contributed by atoms with Crippen molar-refractivity contribution in [3.8, 4) is 0 Å². The van der Waals surface area contributed by atoms with Gasteiger partial charge in [0, 0.05) is 11.8 Å². The molecule has 1 N–H and O–H groups in total. The van der Waals surface area contributed by atoms with Crippen LogP contribution in [0.4, 0.5) is 10.1 Å². The molecule has 0 unspecified atom stereocenters. The number of nitrogens with one attached hydrogen (secondary N) is 1. The molecule has 0 atom stereocenters. The predicted octanol–water partition coefficient (Wildman–Crippen LogP) is 2.22. The summed E-state index contributed by atoms with van der Waals surface area (Å²) in [4.78, 5) is 14.9. The van der Waals surface area contributed by atoms with Gasteiger partial charge >= 0.3 is 0 Å². The van der Waals surface area contributed by atoms with Crippen molar-refractivity contribution in [2.75, 3.05) is 4.72 Å². The van der Waals surface area contributed by atoms with Crippen LogP contribution in [0, 0.1) is 5.82 Å². The first kappa shape index (κ1) is 14.1. The lowest BCUT2D eigenvalue weighted by Crippen LogP contribution is -2.17. The molecule has 0 saturated heterocycles. The summed E-state index contributed by atoms with van der Waals surface area (Å²) in [6, 6.07) is 8.37. The van der Waals surface area contributed by atoms with Gasteiger partial charge < -0.3 is 0 Å². The minimum Gasteiger partial charge on any atom is -0.294 e. The van der Waals surface area contributed by atoms with Crippen LogP contribution in [0.2, 0.25) is 0 Å². The first-order valence-corrected chi connectivity index (χ1v) is 7.13. The Labute approximate surface area is 115 Å². The van der Waals surface area contributed by atoms with Crippen molar-refractivity contribution in [3.05, 3.63) is 54.0 Å². The van der Waals surface area contributed by atoms with Crippen molar-refractivity contribution in [1.82, 2.24) is 4.98 Å². The fourth-order valence-electron chi connectivity index (χ4n) is 1.64. The normalized spacial score (nSPS) is 11.1. The molecule has 2 aromatic rings. The van der Waals surface area contributed by atoms with E-state index in [2.05, 4.69) is 9.71 Å². The fourth-order valence-corrected chi connectivity index (χ4v) is 2.73. The lowest BCUT2D eigenvalue weighted by Gasteiger charge is -2.10. The number of carbonyl (C=O) groups excluding carboxylic acids is 1. The average molecular weight is 294 g/mol. The molecule has 1 aromatic heterocycles. The van der Waals surface area contributed by atoms with Gasteiger partial charge in [-0.3, -0.25) is 9.52 Å². The minimum atomic E-state index is -4.19. The highest BCUT2D eigenvalue weighted by Gasteiger charge is 2.22. The molecule has 0 bridgehead atoms. The summed E-state index contributed by atoms with van der Waals surface area (Å²) in [6.45, 7) is 1.31. The summed E-state index contributed by atoms with van der Waals surface area (Å²) in [5.74, 6) is -1.26. The van der Waals surface area contributed by atoms with E-state index in [0.717, 1.165) is 6.07 Å². The Hall–Kier alpha value is -2.28. The van der Waals surface area contributed by atoms with E-state index in [0.29, 0.717) is 0 Å². The number of para-hydroxylation sites is 1. The molecule has 0 spiro atoms. The Morgan fingerprint density at radius 3 is 2.55 bits per heavy atom. The number of halogens is 1. The second-order valence-electron chi connectivity index (χ2n) is 4.00. The highest BCUT2D eigenvalue weighted by atomic mass is 32.2. The largest absolute Gasteiger partial charge is 0.294 e. The number of ketones is 1. The second kappa shape index (κ2) is 5.38. The van der Waals surface area contributed by atoms with Gasteiger partial charge in [-0.1, -0.05) is 12.1 Å². The van der Waals surface area contributed by atoms with Crippen LogP contribution in [0.5, 0.6) is 0 Å². The Morgan fingerprint density at radius 2 is 1.90 bits per heavy atom. The number of hydrogen-bond acceptors (Lipinski definition) is 4. The van der Waals surface area contributed by atoms with Crippen LogP contribution < -0.4 is 4.72 Å². The summed E-state index contributed by atoms with van der Waals surface area (Å²) in [7, 11) is -4.19. The van der Waals surface area contributed by atoms with E-state index < -0.39 is 20.9 Å². The second-order valence-corrected chi connectivity index (χ2v) is 5.60. The third-order valence-corrected chi connectivity index (χ3v) is 3.83. The number of Topliss-reactive ketones (excluding diaryl/α,β-unsaturated/α-hetero) is 1. The summed E-state index contributed by atoms with van der Waals surface area (Å²) in [6.07, 6.45) is 1.18. The number of pyridine rings is 1. The Kier molecular flexibility index (Phi) is 3.80. The molecule has 0 aliphatic heterocycles. The van der Waals surface area contributed by atoms with E-state index in [9.17, 15) is 17.6 Å². The van der Waals surface area contributed by atoms with Gasteiger partial charge in [-0.2, -0.15) is 8.42 Å². The van der Waals surface area contributed by atoms with Crippen LogP contribution in [0.1, 0.15) is 17.3 Å². The Balaban J connectivity index is 2.45. The average Bonchev–Trinajstić information content (AvgIpc) is 2.39. The molecule has 0 saturated carbocycles. The van der Waals surface area contributed by atoms with E-state index in [1.165, 1.54) is 31.3 Å². The molecule has 1 heterocycles. The first-order chi connectivity index (χ1) is 9.42. The molecule has 2 rings (SSSR count). The first-order valence-electron chi connectivity index (χ1n) is 5.65. The summed E-state index contributed by atoms with van der Waals surface area (Å²) < 4.78 is 39.8. The van der Waals surface area contributed by atoms with Crippen LogP contribution in [0.3, 0.4) is 0 Å². The number of aromatic nitrogens is 1. The zero-order valence-corrected chi connectivity index (χ0v) is 11.3. The van der Waals surface area contributed by atoms with Crippen molar-refractivity contribution in [1.29, 1.82) is 0 Å². The number of rotatable bonds is 4. The van der Waals surface area contributed by atoms with Gasteiger partial charge in [-0.05, 0) is 31.2 Å². The van der Waals surface area contributed by atoms with Gasteiger partial charge in [0.15, 0.2) is 11.6 Å². The van der Waals surface area contributed by atoms with Gasteiger partial charge in [-0.15, -0.1) is 0 Å². The van der Waals surface area contributed by atoms with Crippen molar-refractivity contribution >= 4 is 21.5 Å². The number of hydrogen-bond donors (Lipinski definition) is 1. The van der Waals surface area contributed by atoms with Crippen molar-refractivity contribution in [2.45, 2.75) is 11.9 Å². The lowest BCUT2D eigenvalue weighted by atomic mass is 10.1. The quantitative estimate of drug-likeness (QED) is 0.877. The lowest BCUT2D eigenvalue weighted by molar-refractivity contribution is 0.101. The van der Waals surface area contributed by atoms with Gasteiger partial charge in [0.25, 0.3) is 10.0 Å². The van der Waals surface area contributed by atoms with Crippen LogP contribution >= 0.6 is 0 Å². The highest BCUT2D eigenvalue weighted by molar-refractivity contribution is 7.92. The molecule has 0 radical (unpaired) electrons. The van der Waals surface area contributed by atoms with E-state index in [1.807, 2.05) is 0 Å². The number of anilines is 1. The molecule has 0 aliphatic carbocycles. The van der Waals surface area contributed by atoms with Crippen LogP contribution in [0.15, 0.2) is 47.6 Å². The summed E-state index contributed by atoms with van der Waals surface area (Å²) in [5.41, 5.74) is 0.289. The zero-order valence-electron chi connectivity index (χ0n) is 10.5. The van der Waals surface area contributed by atoms with Crippen LogP contribution in [-0.2, 0) is 10.0 Å².